The second-order valence-corrected chi connectivity index (χ2v) is 3.42. The molecule has 1 rings (SSSR count). The van der Waals surface area contributed by atoms with Crippen molar-refractivity contribution in [2.24, 2.45) is 0 Å². The van der Waals surface area contributed by atoms with Gasteiger partial charge in [0.15, 0.2) is 0 Å². The van der Waals surface area contributed by atoms with Crippen LogP contribution in [0.25, 0.3) is 0 Å². The fourth-order valence-corrected chi connectivity index (χ4v) is 1.31. The van der Waals surface area contributed by atoms with E-state index in [2.05, 4.69) is 30.7 Å². The molecule has 39 valence electrons. The average Bonchev–Trinajstić information content (AvgIpc) is 1.80. The van der Waals surface area contributed by atoms with Gasteiger partial charge in [-0.3, -0.25) is 0 Å². The molecule has 9 heavy (non-hydrogen) atoms. The third kappa shape index (κ3) is 1.64. The van der Waals surface area contributed by atoms with Crippen LogP contribution in [-0.2, 0) is 0 Å². The highest BCUT2D eigenvalue weighted by Crippen LogP contribution is 1.69. The van der Waals surface area contributed by atoms with Crippen LogP contribution in [0.3, 0.4) is 0 Å². The molecule has 0 spiro atoms. The van der Waals surface area contributed by atoms with E-state index in [0.717, 1.165) is 15.6 Å². The number of benzene rings is 1. The Kier molecular flexibility index (Phi) is 2.05. The first-order valence-corrected chi connectivity index (χ1v) is 3.99. The largest absolute Gasteiger partial charge is 0.0711 e. The van der Waals surface area contributed by atoms with Gasteiger partial charge in [-0.15, -0.1) is 0 Å². The van der Waals surface area contributed by atoms with Crippen molar-refractivity contribution in [2.75, 3.05) is 0 Å². The second-order valence-electron chi connectivity index (χ2n) is 1.76. The van der Waals surface area contributed by atoms with Crippen molar-refractivity contribution in [3.05, 3.63) is 18.2 Å². The molecule has 0 aliphatic rings. The van der Waals surface area contributed by atoms with Crippen LogP contribution in [0, 0.1) is 0 Å². The van der Waals surface area contributed by atoms with E-state index in [1.54, 1.807) is 0 Å². The average molecular weight is 159 g/mol. The molecule has 0 aliphatic carbocycles. The lowest BCUT2D eigenvalue weighted by Crippen LogP contribution is -2.29. The first kappa shape index (κ1) is 6.98. The fourth-order valence-electron chi connectivity index (χ4n) is 0.544. The summed E-state index contributed by atoms with van der Waals surface area (Å²) in [5.74, 6) is 0. The zero-order valence-corrected chi connectivity index (χ0v) is 7.73. The lowest BCUT2D eigenvalue weighted by Gasteiger charge is -1.98. The van der Waals surface area contributed by atoms with E-state index >= 15 is 0 Å². The third-order valence-electron chi connectivity index (χ3n) is 1.02. The van der Waals surface area contributed by atoms with Gasteiger partial charge in [-0.2, -0.15) is 0 Å². The zero-order chi connectivity index (χ0) is 6.85. The lowest BCUT2D eigenvalue weighted by atomic mass is 10.4. The minimum absolute atomic E-state index is 1.05. The maximum Gasteiger partial charge on any atom is 0.0711 e. The van der Waals surface area contributed by atoms with Crippen LogP contribution in [-0.4, -0.2) is 30.7 Å². The molecule has 0 bridgehead atoms. The van der Waals surface area contributed by atoms with Gasteiger partial charge < -0.3 is 0 Å². The molecular formula is C6H3Si3. The summed E-state index contributed by atoms with van der Waals surface area (Å²) < 4.78 is 0. The van der Waals surface area contributed by atoms with Crippen LogP contribution < -0.4 is 15.6 Å². The van der Waals surface area contributed by atoms with E-state index < -0.39 is 0 Å². The third-order valence-corrected chi connectivity index (χ3v) is 2.43. The molecule has 9 radical (unpaired) electrons. The summed E-state index contributed by atoms with van der Waals surface area (Å²) in [7, 11) is 10.2. The Morgan fingerprint density at radius 2 is 1.56 bits per heavy atom. The minimum atomic E-state index is 1.05. The normalized spacial score (nSPS) is 9.67. The Morgan fingerprint density at radius 3 is 2.00 bits per heavy atom. The zero-order valence-electron chi connectivity index (χ0n) is 4.73. The fraction of sp³-hybridized carbons (Fsp3) is 0. The van der Waals surface area contributed by atoms with E-state index in [0.29, 0.717) is 0 Å². The summed E-state index contributed by atoms with van der Waals surface area (Å²) in [4.78, 5) is 0. The quantitative estimate of drug-likeness (QED) is 0.387. The van der Waals surface area contributed by atoms with E-state index in [1.807, 2.05) is 18.2 Å². The van der Waals surface area contributed by atoms with Crippen molar-refractivity contribution in [3.8, 4) is 0 Å². The molecule has 3 heteroatoms. The van der Waals surface area contributed by atoms with Gasteiger partial charge in [-0.25, -0.2) is 0 Å². The molecule has 0 atom stereocenters. The maximum absolute atomic E-state index is 3.41. The van der Waals surface area contributed by atoms with Gasteiger partial charge in [-0.05, 0) is 0 Å². The molecule has 1 aromatic carbocycles. The minimum Gasteiger partial charge on any atom is -0.0690 e. The Morgan fingerprint density at radius 1 is 0.889 bits per heavy atom. The molecule has 0 unspecified atom stereocenters. The van der Waals surface area contributed by atoms with Crippen molar-refractivity contribution in [1.29, 1.82) is 0 Å². The van der Waals surface area contributed by atoms with Crippen LogP contribution in [0.5, 0.6) is 0 Å². The van der Waals surface area contributed by atoms with Crippen LogP contribution in [0.4, 0.5) is 0 Å². The second kappa shape index (κ2) is 2.64. The predicted molar refractivity (Wildman–Crippen MR) is 42.6 cm³/mol. The highest BCUT2D eigenvalue weighted by atomic mass is 28.2. The Bertz CT molecular complexity index is 220. The van der Waals surface area contributed by atoms with E-state index in [-0.39, 0.29) is 0 Å². The first-order valence-electron chi connectivity index (χ1n) is 2.49. The van der Waals surface area contributed by atoms with Crippen LogP contribution in [0.15, 0.2) is 18.2 Å². The van der Waals surface area contributed by atoms with Crippen LogP contribution >= 0.6 is 0 Å². The van der Waals surface area contributed by atoms with Crippen LogP contribution in [0.1, 0.15) is 0 Å². The van der Waals surface area contributed by atoms with Gasteiger partial charge in [0.1, 0.15) is 0 Å². The number of rotatable bonds is 0. The Hall–Kier alpha value is -0.129. The summed E-state index contributed by atoms with van der Waals surface area (Å²) in [5, 5.41) is 3.19. The molecule has 0 aliphatic heterocycles. The van der Waals surface area contributed by atoms with Gasteiger partial charge in [0.05, 0.1) is 30.7 Å². The highest BCUT2D eigenvalue weighted by molar-refractivity contribution is 6.50. The van der Waals surface area contributed by atoms with Gasteiger partial charge in [0.2, 0.25) is 0 Å². The maximum atomic E-state index is 3.41. The lowest BCUT2D eigenvalue weighted by molar-refractivity contribution is 1.91. The summed E-state index contributed by atoms with van der Waals surface area (Å²) >= 11 is 0. The Balaban J connectivity index is 3.17. The molecule has 0 N–H and O–H groups in total. The molecule has 1 aromatic rings. The van der Waals surface area contributed by atoms with Crippen molar-refractivity contribution in [3.63, 3.8) is 0 Å². The van der Waals surface area contributed by atoms with Crippen molar-refractivity contribution >= 4 is 46.3 Å². The van der Waals surface area contributed by atoms with E-state index in [9.17, 15) is 0 Å². The summed E-state index contributed by atoms with van der Waals surface area (Å²) in [6, 6.07) is 5.93. The molecule has 0 heterocycles. The summed E-state index contributed by atoms with van der Waals surface area (Å²) in [6.45, 7) is 0. The highest BCUT2D eigenvalue weighted by Gasteiger charge is 1.89. The van der Waals surface area contributed by atoms with E-state index in [1.165, 1.54) is 0 Å². The molecule has 0 saturated heterocycles. The van der Waals surface area contributed by atoms with E-state index in [4.69, 9.17) is 0 Å². The molecular weight excluding hydrogens is 156 g/mol. The number of hydrogen-bond acceptors (Lipinski definition) is 0. The van der Waals surface area contributed by atoms with Crippen molar-refractivity contribution in [1.82, 2.24) is 0 Å². The summed E-state index contributed by atoms with van der Waals surface area (Å²) in [5.41, 5.74) is 0. The standard InChI is InChI=1S/C6H3Si3/c7-4-1-2-5(8)6(9)3-4/h1-3H. The SMILES string of the molecule is [Si]c1ccc([Si])c([Si])c1. The molecule has 0 fully saturated rings. The molecule has 0 nitrogen and oxygen atoms in total. The molecule has 0 amide bonds. The van der Waals surface area contributed by atoms with Crippen molar-refractivity contribution in [2.45, 2.75) is 0 Å². The number of hydrogen-bond donors (Lipinski definition) is 0. The smallest absolute Gasteiger partial charge is 0.0690 e. The van der Waals surface area contributed by atoms with Crippen molar-refractivity contribution < 1.29 is 0 Å². The van der Waals surface area contributed by atoms with Gasteiger partial charge in [-0.1, -0.05) is 33.8 Å². The summed E-state index contributed by atoms with van der Waals surface area (Å²) in [6.07, 6.45) is 0. The molecule has 0 saturated carbocycles. The Labute approximate surface area is 64.9 Å². The van der Waals surface area contributed by atoms with Gasteiger partial charge in [0.25, 0.3) is 0 Å². The monoisotopic (exact) mass is 159 g/mol. The van der Waals surface area contributed by atoms with Crippen LogP contribution in [0.2, 0.25) is 0 Å². The topological polar surface area (TPSA) is 0 Å². The first-order chi connectivity index (χ1) is 4.20. The molecule has 0 aromatic heterocycles. The van der Waals surface area contributed by atoms with Gasteiger partial charge in [0, 0.05) is 0 Å². The predicted octanol–water partition coefficient (Wildman–Crippen LogP) is -1.93. The van der Waals surface area contributed by atoms with Gasteiger partial charge >= 0.3 is 0 Å².